The highest BCUT2D eigenvalue weighted by molar-refractivity contribution is 6.07. The largest absolute Gasteiger partial charge is 0.497 e. The normalized spacial score (nSPS) is 15.6. The van der Waals surface area contributed by atoms with Crippen LogP contribution >= 0.6 is 0 Å². The smallest absolute Gasteiger partial charge is 0.259 e. The first-order valence-electron chi connectivity index (χ1n) is 11.1. The van der Waals surface area contributed by atoms with Gasteiger partial charge in [-0.15, -0.1) is 0 Å². The SMILES string of the molecule is COc1ccc(OC)c([C@H]2CCCN2C(=O)c2cc(-c3ccc(F)cc3)nc3onc(C)c23)c1. The Bertz CT molecular complexity index is 1370. The quantitative estimate of drug-likeness (QED) is 0.400. The number of benzene rings is 2. The van der Waals surface area contributed by atoms with Gasteiger partial charge in [0.15, 0.2) is 0 Å². The number of rotatable bonds is 5. The van der Waals surface area contributed by atoms with E-state index >= 15 is 0 Å². The number of aromatic nitrogens is 2. The highest BCUT2D eigenvalue weighted by Crippen LogP contribution is 2.40. The molecular formula is C26H24FN3O4. The topological polar surface area (TPSA) is 77.7 Å². The summed E-state index contributed by atoms with van der Waals surface area (Å²) in [7, 11) is 3.23. The predicted molar refractivity (Wildman–Crippen MR) is 124 cm³/mol. The van der Waals surface area contributed by atoms with Crippen LogP contribution in [0.1, 0.15) is 40.5 Å². The lowest BCUT2D eigenvalue weighted by molar-refractivity contribution is 0.0736. The lowest BCUT2D eigenvalue weighted by atomic mass is 10.0. The molecule has 0 unspecified atom stereocenters. The average Bonchev–Trinajstić information content (AvgIpc) is 3.50. The standard InChI is InChI=1S/C26H24FN3O4/c1-15-24-20(14-21(28-25(24)34-29-15)16-6-8-17(27)9-7-16)26(31)30-12-4-5-22(30)19-13-18(32-2)10-11-23(19)33-3/h6-11,13-14,22H,4-5,12H2,1-3H3/t22-/m1/s1. The minimum absolute atomic E-state index is 0.144. The van der Waals surface area contributed by atoms with E-state index in [1.807, 2.05) is 23.1 Å². The van der Waals surface area contributed by atoms with Gasteiger partial charge >= 0.3 is 0 Å². The molecule has 8 heteroatoms. The summed E-state index contributed by atoms with van der Waals surface area (Å²) in [5.41, 5.74) is 3.42. The third kappa shape index (κ3) is 3.75. The molecule has 3 heterocycles. The van der Waals surface area contributed by atoms with Crippen LogP contribution in [0, 0.1) is 12.7 Å². The summed E-state index contributed by atoms with van der Waals surface area (Å²) in [6, 6.07) is 13.2. The van der Waals surface area contributed by atoms with Crippen molar-refractivity contribution in [3.8, 4) is 22.8 Å². The molecule has 0 spiro atoms. The lowest BCUT2D eigenvalue weighted by Crippen LogP contribution is -2.31. The number of halogens is 1. The predicted octanol–water partition coefficient (Wildman–Crippen LogP) is 5.33. The van der Waals surface area contributed by atoms with Crippen molar-refractivity contribution in [2.75, 3.05) is 20.8 Å². The molecule has 0 bridgehead atoms. The van der Waals surface area contributed by atoms with Gasteiger partial charge in [-0.1, -0.05) is 5.16 Å². The Morgan fingerprint density at radius 2 is 1.91 bits per heavy atom. The van der Waals surface area contributed by atoms with Crippen molar-refractivity contribution in [2.24, 2.45) is 0 Å². The van der Waals surface area contributed by atoms with Gasteiger partial charge in [-0.3, -0.25) is 4.79 Å². The number of ether oxygens (including phenoxy) is 2. The summed E-state index contributed by atoms with van der Waals surface area (Å²) in [6.07, 6.45) is 1.66. The Hall–Kier alpha value is -3.94. The molecule has 7 nitrogen and oxygen atoms in total. The van der Waals surface area contributed by atoms with Gasteiger partial charge in [-0.2, -0.15) is 0 Å². The number of likely N-dealkylation sites (tertiary alicyclic amines) is 1. The third-order valence-electron chi connectivity index (χ3n) is 6.30. The summed E-state index contributed by atoms with van der Waals surface area (Å²) in [5, 5.41) is 4.62. The molecular weight excluding hydrogens is 437 g/mol. The molecule has 1 atom stereocenters. The summed E-state index contributed by atoms with van der Waals surface area (Å²) < 4.78 is 29.9. The van der Waals surface area contributed by atoms with E-state index in [9.17, 15) is 9.18 Å². The highest BCUT2D eigenvalue weighted by Gasteiger charge is 2.34. The number of pyridine rings is 1. The van der Waals surface area contributed by atoms with Gasteiger partial charge in [0.2, 0.25) is 0 Å². The molecule has 1 saturated heterocycles. The van der Waals surface area contributed by atoms with Crippen molar-refractivity contribution in [1.82, 2.24) is 15.0 Å². The number of fused-ring (bicyclic) bond motifs is 1. The second-order valence-electron chi connectivity index (χ2n) is 8.27. The van der Waals surface area contributed by atoms with E-state index in [-0.39, 0.29) is 23.5 Å². The molecule has 1 amide bonds. The number of aryl methyl sites for hydroxylation is 1. The number of carbonyl (C=O) groups is 1. The summed E-state index contributed by atoms with van der Waals surface area (Å²) in [6.45, 7) is 2.39. The molecule has 0 aliphatic carbocycles. The first-order valence-corrected chi connectivity index (χ1v) is 11.1. The molecule has 4 aromatic rings. The Kier molecular flexibility index (Phi) is 5.65. The maximum atomic E-state index is 14.0. The van der Waals surface area contributed by atoms with E-state index < -0.39 is 0 Å². The van der Waals surface area contributed by atoms with Gasteiger partial charge < -0.3 is 18.9 Å². The Labute approximate surface area is 196 Å². The molecule has 1 fully saturated rings. The molecule has 5 rings (SSSR count). The first kappa shape index (κ1) is 21.9. The number of hydrogen-bond acceptors (Lipinski definition) is 6. The van der Waals surface area contributed by atoms with E-state index in [0.29, 0.717) is 45.9 Å². The van der Waals surface area contributed by atoms with Crippen molar-refractivity contribution >= 4 is 17.0 Å². The summed E-state index contributed by atoms with van der Waals surface area (Å²) in [4.78, 5) is 20.4. The number of hydrogen-bond donors (Lipinski definition) is 0. The van der Waals surface area contributed by atoms with Crippen LogP contribution in [0.15, 0.2) is 53.1 Å². The minimum atomic E-state index is -0.344. The fourth-order valence-electron chi connectivity index (χ4n) is 4.62. The molecule has 1 aliphatic rings. The van der Waals surface area contributed by atoms with E-state index in [4.69, 9.17) is 14.0 Å². The molecule has 0 radical (unpaired) electrons. The van der Waals surface area contributed by atoms with Crippen LogP contribution in [0.25, 0.3) is 22.4 Å². The van der Waals surface area contributed by atoms with E-state index in [1.165, 1.54) is 12.1 Å². The molecule has 1 aliphatic heterocycles. The maximum absolute atomic E-state index is 14.0. The van der Waals surface area contributed by atoms with Crippen LogP contribution < -0.4 is 9.47 Å². The van der Waals surface area contributed by atoms with Crippen molar-refractivity contribution in [1.29, 1.82) is 0 Å². The second kappa shape index (κ2) is 8.78. The van der Waals surface area contributed by atoms with Crippen LogP contribution in [0.4, 0.5) is 4.39 Å². The number of amides is 1. The van der Waals surface area contributed by atoms with Gasteiger partial charge in [0.1, 0.15) is 17.3 Å². The fraction of sp³-hybridized carbons (Fsp3) is 0.269. The Morgan fingerprint density at radius 3 is 2.65 bits per heavy atom. The minimum Gasteiger partial charge on any atom is -0.497 e. The molecule has 34 heavy (non-hydrogen) atoms. The van der Waals surface area contributed by atoms with Gasteiger partial charge in [-0.25, -0.2) is 9.37 Å². The molecule has 0 N–H and O–H groups in total. The zero-order chi connectivity index (χ0) is 23.8. The van der Waals surface area contributed by atoms with Crippen LogP contribution in [0.5, 0.6) is 11.5 Å². The van der Waals surface area contributed by atoms with E-state index in [0.717, 1.165) is 18.4 Å². The highest BCUT2D eigenvalue weighted by atomic mass is 19.1. The third-order valence-corrected chi connectivity index (χ3v) is 6.30. The zero-order valence-electron chi connectivity index (χ0n) is 19.2. The van der Waals surface area contributed by atoms with Crippen LogP contribution in [0.3, 0.4) is 0 Å². The Morgan fingerprint density at radius 1 is 1.12 bits per heavy atom. The van der Waals surface area contributed by atoms with Crippen LogP contribution in [0.2, 0.25) is 0 Å². The van der Waals surface area contributed by atoms with Crippen molar-refractivity contribution in [3.05, 3.63) is 71.2 Å². The number of nitrogens with zero attached hydrogens (tertiary/aromatic N) is 3. The van der Waals surface area contributed by atoms with Gasteiger partial charge in [0.05, 0.1) is 42.6 Å². The lowest BCUT2D eigenvalue weighted by Gasteiger charge is -2.27. The fourth-order valence-corrected chi connectivity index (χ4v) is 4.62. The molecule has 2 aromatic heterocycles. The van der Waals surface area contributed by atoms with Gasteiger partial charge in [0, 0.05) is 17.7 Å². The van der Waals surface area contributed by atoms with E-state index in [1.54, 1.807) is 39.3 Å². The summed E-state index contributed by atoms with van der Waals surface area (Å²) >= 11 is 0. The maximum Gasteiger partial charge on any atom is 0.259 e. The van der Waals surface area contributed by atoms with Crippen molar-refractivity contribution < 1.29 is 23.2 Å². The monoisotopic (exact) mass is 461 g/mol. The Balaban J connectivity index is 1.60. The number of carbonyl (C=O) groups excluding carboxylic acids is 1. The summed E-state index contributed by atoms with van der Waals surface area (Å²) in [5.74, 6) is 0.923. The van der Waals surface area contributed by atoms with Crippen LogP contribution in [-0.2, 0) is 0 Å². The van der Waals surface area contributed by atoms with Crippen molar-refractivity contribution in [2.45, 2.75) is 25.8 Å². The second-order valence-corrected chi connectivity index (χ2v) is 8.27. The van der Waals surface area contributed by atoms with Gasteiger partial charge in [0.25, 0.3) is 11.6 Å². The molecule has 2 aromatic carbocycles. The zero-order valence-corrected chi connectivity index (χ0v) is 19.2. The first-order chi connectivity index (χ1) is 16.5. The number of methoxy groups -OCH3 is 2. The molecule has 0 saturated carbocycles. The van der Waals surface area contributed by atoms with E-state index in [2.05, 4.69) is 10.1 Å². The van der Waals surface area contributed by atoms with Crippen molar-refractivity contribution in [3.63, 3.8) is 0 Å². The molecule has 174 valence electrons. The van der Waals surface area contributed by atoms with Crippen LogP contribution in [-0.4, -0.2) is 41.7 Å². The average molecular weight is 461 g/mol. The van der Waals surface area contributed by atoms with Gasteiger partial charge in [-0.05, 0) is 68.3 Å².